The van der Waals surface area contributed by atoms with Gasteiger partial charge in [-0.15, -0.1) is 13.2 Å². The van der Waals surface area contributed by atoms with E-state index in [0.717, 1.165) is 13.2 Å². The SMILES string of the molecule is COC(=O)c1cc(C#N)cc(CBr)c1OC(F)(F)F. The number of rotatable bonds is 3. The topological polar surface area (TPSA) is 59.3 Å². The molecule has 4 nitrogen and oxygen atoms in total. The summed E-state index contributed by atoms with van der Waals surface area (Å²) in [5.74, 6) is -1.69. The van der Waals surface area contributed by atoms with Gasteiger partial charge in [0.2, 0.25) is 0 Å². The lowest BCUT2D eigenvalue weighted by Gasteiger charge is -2.15. The first-order valence-electron chi connectivity index (χ1n) is 4.79. The molecule has 0 heterocycles. The van der Waals surface area contributed by atoms with E-state index in [0.29, 0.717) is 0 Å². The van der Waals surface area contributed by atoms with Crippen LogP contribution in [0.5, 0.6) is 5.75 Å². The van der Waals surface area contributed by atoms with Crippen LogP contribution in [0.15, 0.2) is 12.1 Å². The summed E-state index contributed by atoms with van der Waals surface area (Å²) in [5.41, 5.74) is -0.394. The second-order valence-corrected chi connectivity index (χ2v) is 3.86. The molecule has 0 unspecified atom stereocenters. The number of carbonyl (C=O) groups excluding carboxylic acids is 1. The molecular weight excluding hydrogens is 331 g/mol. The fourth-order valence-electron chi connectivity index (χ4n) is 1.35. The number of halogens is 4. The molecule has 1 rings (SSSR count). The van der Waals surface area contributed by atoms with Gasteiger partial charge < -0.3 is 9.47 Å². The number of methoxy groups -OCH3 is 1. The molecule has 0 atom stereocenters. The molecule has 0 aliphatic carbocycles. The summed E-state index contributed by atoms with van der Waals surface area (Å²) < 4.78 is 45.2. The Labute approximate surface area is 114 Å². The molecule has 0 radical (unpaired) electrons. The number of carbonyl (C=O) groups is 1. The van der Waals surface area contributed by atoms with E-state index < -0.39 is 23.6 Å². The van der Waals surface area contributed by atoms with Crippen LogP contribution in [0, 0.1) is 11.3 Å². The molecule has 0 aromatic heterocycles. The Hall–Kier alpha value is -1.75. The summed E-state index contributed by atoms with van der Waals surface area (Å²) in [4.78, 5) is 11.5. The predicted octanol–water partition coefficient (Wildman–Crippen LogP) is 3.14. The van der Waals surface area contributed by atoms with Gasteiger partial charge in [0.25, 0.3) is 0 Å². The standard InChI is InChI=1S/C11H7BrF3NO3/c1-18-10(17)8-3-6(5-16)2-7(4-12)9(8)19-11(13,14)15/h2-3H,4H2,1H3. The molecule has 1 aromatic carbocycles. The number of esters is 1. The molecular formula is C11H7BrF3NO3. The van der Waals surface area contributed by atoms with Gasteiger partial charge in [0.05, 0.1) is 18.7 Å². The van der Waals surface area contributed by atoms with Crippen LogP contribution in [0.2, 0.25) is 0 Å². The minimum Gasteiger partial charge on any atom is -0.465 e. The minimum atomic E-state index is -4.95. The number of nitrogens with zero attached hydrogens (tertiary/aromatic N) is 1. The van der Waals surface area contributed by atoms with Crippen LogP contribution < -0.4 is 4.74 Å². The van der Waals surface area contributed by atoms with Crippen molar-refractivity contribution in [2.75, 3.05) is 7.11 Å². The third kappa shape index (κ3) is 3.86. The first kappa shape index (κ1) is 15.3. The third-order valence-corrected chi connectivity index (χ3v) is 2.67. The fourth-order valence-corrected chi connectivity index (χ4v) is 1.77. The molecule has 0 bridgehead atoms. The number of nitriles is 1. The monoisotopic (exact) mass is 337 g/mol. The zero-order valence-corrected chi connectivity index (χ0v) is 11.1. The second-order valence-electron chi connectivity index (χ2n) is 3.30. The Bertz CT molecular complexity index is 537. The molecule has 8 heteroatoms. The normalized spacial score (nSPS) is 10.7. The van der Waals surface area contributed by atoms with Gasteiger partial charge in [-0.25, -0.2) is 4.79 Å². The van der Waals surface area contributed by atoms with Crippen LogP contribution in [0.25, 0.3) is 0 Å². The Balaban J connectivity index is 3.47. The summed E-state index contributed by atoms with van der Waals surface area (Å²) >= 11 is 2.98. The van der Waals surface area contributed by atoms with Gasteiger partial charge >= 0.3 is 12.3 Å². The van der Waals surface area contributed by atoms with Crippen molar-refractivity contribution in [3.8, 4) is 11.8 Å². The maximum Gasteiger partial charge on any atom is 0.573 e. The summed E-state index contributed by atoms with van der Waals surface area (Å²) in [6.07, 6.45) is -4.95. The van der Waals surface area contributed by atoms with Crippen LogP contribution in [0.3, 0.4) is 0 Å². The van der Waals surface area contributed by atoms with E-state index in [1.807, 2.05) is 0 Å². The molecule has 1 aromatic rings. The fraction of sp³-hybridized carbons (Fsp3) is 0.273. The van der Waals surface area contributed by atoms with E-state index >= 15 is 0 Å². The highest BCUT2D eigenvalue weighted by atomic mass is 79.9. The number of alkyl halides is 4. The van der Waals surface area contributed by atoms with Crippen molar-refractivity contribution in [1.82, 2.24) is 0 Å². The highest BCUT2D eigenvalue weighted by Crippen LogP contribution is 2.33. The molecule has 0 fully saturated rings. The molecule has 0 saturated heterocycles. The largest absolute Gasteiger partial charge is 0.573 e. The molecule has 19 heavy (non-hydrogen) atoms. The maximum atomic E-state index is 12.3. The van der Waals surface area contributed by atoms with Gasteiger partial charge in [0.15, 0.2) is 0 Å². The van der Waals surface area contributed by atoms with Crippen molar-refractivity contribution in [3.63, 3.8) is 0 Å². The molecule has 0 aliphatic rings. The van der Waals surface area contributed by atoms with Gasteiger partial charge in [-0.2, -0.15) is 5.26 Å². The van der Waals surface area contributed by atoms with Crippen LogP contribution >= 0.6 is 15.9 Å². The first-order chi connectivity index (χ1) is 8.82. The number of benzene rings is 1. The van der Waals surface area contributed by atoms with E-state index in [4.69, 9.17) is 5.26 Å². The van der Waals surface area contributed by atoms with Gasteiger partial charge in [0.1, 0.15) is 11.3 Å². The van der Waals surface area contributed by atoms with E-state index in [1.54, 1.807) is 6.07 Å². The van der Waals surface area contributed by atoms with Crippen molar-refractivity contribution in [1.29, 1.82) is 5.26 Å². The number of hydrogen-bond donors (Lipinski definition) is 0. The molecule has 0 amide bonds. The summed E-state index contributed by atoms with van der Waals surface area (Å²) in [6.45, 7) is 0. The van der Waals surface area contributed by atoms with Crippen LogP contribution in [0.1, 0.15) is 21.5 Å². The van der Waals surface area contributed by atoms with Crippen molar-refractivity contribution in [2.24, 2.45) is 0 Å². The highest BCUT2D eigenvalue weighted by Gasteiger charge is 2.34. The zero-order chi connectivity index (χ0) is 14.6. The Morgan fingerprint density at radius 3 is 2.53 bits per heavy atom. The van der Waals surface area contributed by atoms with Crippen molar-refractivity contribution < 1.29 is 27.4 Å². The maximum absolute atomic E-state index is 12.3. The van der Waals surface area contributed by atoms with Crippen LogP contribution in [-0.4, -0.2) is 19.4 Å². The Morgan fingerprint density at radius 2 is 2.11 bits per heavy atom. The summed E-state index contributed by atoms with van der Waals surface area (Å²) in [5, 5.41) is 8.76. The van der Waals surface area contributed by atoms with Crippen LogP contribution in [-0.2, 0) is 10.1 Å². The van der Waals surface area contributed by atoms with E-state index in [1.165, 1.54) is 6.07 Å². The Kier molecular flexibility index (Phi) is 4.78. The van der Waals surface area contributed by atoms with Gasteiger partial charge in [-0.05, 0) is 12.1 Å². The average Bonchev–Trinajstić information content (AvgIpc) is 2.36. The third-order valence-electron chi connectivity index (χ3n) is 2.06. The number of hydrogen-bond acceptors (Lipinski definition) is 4. The van der Waals surface area contributed by atoms with E-state index in [-0.39, 0.29) is 16.5 Å². The molecule has 0 N–H and O–H groups in total. The van der Waals surface area contributed by atoms with Gasteiger partial charge in [-0.3, -0.25) is 0 Å². The lowest BCUT2D eigenvalue weighted by molar-refractivity contribution is -0.275. The van der Waals surface area contributed by atoms with Gasteiger partial charge in [0, 0.05) is 10.9 Å². The minimum absolute atomic E-state index is 0.0159. The second kappa shape index (κ2) is 5.93. The van der Waals surface area contributed by atoms with Crippen molar-refractivity contribution in [2.45, 2.75) is 11.7 Å². The molecule has 0 saturated carbocycles. The average molecular weight is 338 g/mol. The molecule has 0 spiro atoms. The number of ether oxygens (including phenoxy) is 2. The molecule has 0 aliphatic heterocycles. The lowest BCUT2D eigenvalue weighted by atomic mass is 10.1. The van der Waals surface area contributed by atoms with E-state index in [9.17, 15) is 18.0 Å². The predicted molar refractivity (Wildman–Crippen MR) is 61.8 cm³/mol. The quantitative estimate of drug-likeness (QED) is 0.628. The van der Waals surface area contributed by atoms with Crippen molar-refractivity contribution in [3.05, 3.63) is 28.8 Å². The van der Waals surface area contributed by atoms with Crippen molar-refractivity contribution >= 4 is 21.9 Å². The smallest absolute Gasteiger partial charge is 0.465 e. The zero-order valence-electron chi connectivity index (χ0n) is 9.55. The summed E-state index contributed by atoms with van der Waals surface area (Å²) in [6, 6.07) is 3.93. The highest BCUT2D eigenvalue weighted by molar-refractivity contribution is 9.08. The first-order valence-corrected chi connectivity index (χ1v) is 5.91. The lowest BCUT2D eigenvalue weighted by Crippen LogP contribution is -2.20. The Morgan fingerprint density at radius 1 is 1.47 bits per heavy atom. The summed E-state index contributed by atoms with van der Waals surface area (Å²) in [7, 11) is 1.02. The van der Waals surface area contributed by atoms with Gasteiger partial charge in [-0.1, -0.05) is 15.9 Å². The van der Waals surface area contributed by atoms with E-state index in [2.05, 4.69) is 25.4 Å². The van der Waals surface area contributed by atoms with Crippen LogP contribution in [0.4, 0.5) is 13.2 Å². The molecule has 102 valence electrons.